The molecule has 0 saturated carbocycles. The van der Waals surface area contributed by atoms with Gasteiger partial charge in [0.15, 0.2) is 0 Å². The van der Waals surface area contributed by atoms with Gasteiger partial charge in [0.2, 0.25) is 0 Å². The topological polar surface area (TPSA) is 69.6 Å². The zero-order chi connectivity index (χ0) is 13.9. The first-order valence-electron chi connectivity index (χ1n) is 5.61. The largest absolute Gasteiger partial charge is 0.480 e. The van der Waals surface area contributed by atoms with E-state index in [1.54, 1.807) is 11.3 Å². The Labute approximate surface area is 110 Å². The minimum atomic E-state index is -1.03. The highest BCUT2D eigenvalue weighted by Crippen LogP contribution is 2.26. The summed E-state index contributed by atoms with van der Waals surface area (Å²) in [5.41, 5.74) is 1.08. The van der Waals surface area contributed by atoms with Crippen molar-refractivity contribution < 1.29 is 14.7 Å². The normalized spacial score (nSPS) is 12.0. The second kappa shape index (κ2) is 5.86. The summed E-state index contributed by atoms with van der Waals surface area (Å²) >= 11 is 1.68. The summed E-state index contributed by atoms with van der Waals surface area (Å²) in [6.07, 6.45) is 0. The van der Waals surface area contributed by atoms with E-state index in [1.165, 1.54) is 16.8 Å². The number of carbonyl (C=O) groups is 2. The zero-order valence-electron chi connectivity index (χ0n) is 11.0. The number of amides is 2. The van der Waals surface area contributed by atoms with Gasteiger partial charge in [-0.2, -0.15) is 0 Å². The molecule has 6 heteroatoms. The van der Waals surface area contributed by atoms with Crippen LogP contribution in [0.25, 0.3) is 0 Å². The molecule has 0 bridgehead atoms. The van der Waals surface area contributed by atoms with Gasteiger partial charge in [-0.05, 0) is 32.4 Å². The number of hydrogen-bond donors (Lipinski definition) is 2. The van der Waals surface area contributed by atoms with E-state index in [-0.39, 0.29) is 18.6 Å². The van der Waals surface area contributed by atoms with Crippen LogP contribution < -0.4 is 5.32 Å². The smallest absolute Gasteiger partial charge is 0.323 e. The van der Waals surface area contributed by atoms with E-state index in [0.29, 0.717) is 0 Å². The molecule has 0 aliphatic heterocycles. The maximum atomic E-state index is 11.7. The third kappa shape index (κ3) is 3.73. The highest BCUT2D eigenvalue weighted by molar-refractivity contribution is 7.12. The molecule has 1 unspecified atom stereocenters. The number of aliphatic carboxylic acids is 1. The molecule has 0 spiro atoms. The molecule has 0 radical (unpaired) electrons. The molecule has 0 fully saturated rings. The van der Waals surface area contributed by atoms with Gasteiger partial charge in [-0.15, -0.1) is 11.3 Å². The van der Waals surface area contributed by atoms with E-state index in [2.05, 4.69) is 5.32 Å². The molecular formula is C12H18N2O3S. The Morgan fingerprint density at radius 1 is 1.50 bits per heavy atom. The van der Waals surface area contributed by atoms with Crippen LogP contribution in [-0.2, 0) is 4.79 Å². The summed E-state index contributed by atoms with van der Waals surface area (Å²) < 4.78 is 0. The monoisotopic (exact) mass is 270 g/mol. The molecule has 0 saturated heterocycles. The minimum Gasteiger partial charge on any atom is -0.480 e. The van der Waals surface area contributed by atoms with Crippen molar-refractivity contribution >= 4 is 23.3 Å². The molecule has 0 aromatic carbocycles. The van der Waals surface area contributed by atoms with E-state index in [0.717, 1.165) is 10.5 Å². The number of hydrogen-bond acceptors (Lipinski definition) is 3. The Balaban J connectivity index is 2.64. The van der Waals surface area contributed by atoms with Gasteiger partial charge >= 0.3 is 12.0 Å². The molecule has 1 heterocycles. The molecule has 0 aliphatic carbocycles. The summed E-state index contributed by atoms with van der Waals surface area (Å²) in [7, 11) is 1.46. The number of aryl methyl sites for hydroxylation is 2. The fraction of sp³-hybridized carbons (Fsp3) is 0.500. The minimum absolute atomic E-state index is 0.126. The van der Waals surface area contributed by atoms with Crippen molar-refractivity contribution in [1.29, 1.82) is 0 Å². The number of nitrogens with zero attached hydrogens (tertiary/aromatic N) is 1. The molecule has 1 rings (SSSR count). The zero-order valence-corrected chi connectivity index (χ0v) is 11.8. The molecule has 2 N–H and O–H groups in total. The van der Waals surface area contributed by atoms with Crippen LogP contribution in [0.4, 0.5) is 4.79 Å². The van der Waals surface area contributed by atoms with Crippen LogP contribution in [0.2, 0.25) is 0 Å². The lowest BCUT2D eigenvalue weighted by molar-refractivity contribution is -0.137. The average molecular weight is 270 g/mol. The van der Waals surface area contributed by atoms with Crippen molar-refractivity contribution in [2.24, 2.45) is 0 Å². The van der Waals surface area contributed by atoms with Gasteiger partial charge in [-0.1, -0.05) is 0 Å². The van der Waals surface area contributed by atoms with Gasteiger partial charge in [0, 0.05) is 16.8 Å². The summed E-state index contributed by atoms with van der Waals surface area (Å²) in [5.74, 6) is -1.03. The van der Waals surface area contributed by atoms with E-state index in [9.17, 15) is 9.59 Å². The average Bonchev–Trinajstić information content (AvgIpc) is 2.56. The van der Waals surface area contributed by atoms with Gasteiger partial charge in [-0.3, -0.25) is 4.79 Å². The first-order valence-corrected chi connectivity index (χ1v) is 6.43. The fourth-order valence-corrected chi connectivity index (χ4v) is 2.75. The van der Waals surface area contributed by atoms with Crippen molar-refractivity contribution in [3.63, 3.8) is 0 Å². The standard InChI is InChI=1S/C12H18N2O3S/c1-7-5-10(9(3)18-7)8(2)13-12(17)14(4)6-11(15)16/h5,8H,6H2,1-4H3,(H,13,17)(H,15,16). The maximum absolute atomic E-state index is 11.7. The van der Waals surface area contributed by atoms with E-state index in [4.69, 9.17) is 5.11 Å². The highest BCUT2D eigenvalue weighted by Gasteiger charge is 2.17. The fourth-order valence-electron chi connectivity index (χ4n) is 1.73. The van der Waals surface area contributed by atoms with E-state index < -0.39 is 5.97 Å². The molecule has 1 aromatic heterocycles. The van der Waals surface area contributed by atoms with E-state index >= 15 is 0 Å². The predicted molar refractivity (Wildman–Crippen MR) is 71.0 cm³/mol. The quantitative estimate of drug-likeness (QED) is 0.880. The van der Waals surface area contributed by atoms with Crippen LogP contribution in [0.1, 0.15) is 28.3 Å². The second-order valence-corrected chi connectivity index (χ2v) is 5.75. The number of carboxylic acid groups (broad SMARTS) is 1. The van der Waals surface area contributed by atoms with Crippen molar-refractivity contribution in [3.8, 4) is 0 Å². The Morgan fingerprint density at radius 3 is 2.56 bits per heavy atom. The van der Waals surface area contributed by atoms with Crippen molar-refractivity contribution in [1.82, 2.24) is 10.2 Å². The Bertz CT molecular complexity index is 456. The molecule has 5 nitrogen and oxygen atoms in total. The Hall–Kier alpha value is -1.56. The van der Waals surface area contributed by atoms with Crippen LogP contribution in [0.5, 0.6) is 0 Å². The molecule has 0 aliphatic rings. The van der Waals surface area contributed by atoms with Gasteiger partial charge < -0.3 is 15.3 Å². The number of nitrogens with one attached hydrogen (secondary N) is 1. The third-order valence-corrected chi connectivity index (χ3v) is 3.59. The summed E-state index contributed by atoms with van der Waals surface area (Å²) in [5, 5.41) is 11.4. The summed E-state index contributed by atoms with van der Waals surface area (Å²) in [6.45, 7) is 5.62. The first-order chi connectivity index (χ1) is 8.31. The van der Waals surface area contributed by atoms with Crippen molar-refractivity contribution in [3.05, 3.63) is 21.4 Å². The number of carboxylic acids is 1. The van der Waals surface area contributed by atoms with Crippen LogP contribution >= 0.6 is 11.3 Å². The van der Waals surface area contributed by atoms with Gasteiger partial charge in [0.25, 0.3) is 0 Å². The molecule has 18 heavy (non-hydrogen) atoms. The lowest BCUT2D eigenvalue weighted by Gasteiger charge is -2.20. The Morgan fingerprint density at radius 2 is 2.11 bits per heavy atom. The molecule has 2 amide bonds. The Kier molecular flexibility index (Phi) is 4.72. The van der Waals surface area contributed by atoms with Crippen LogP contribution in [0.15, 0.2) is 6.07 Å². The predicted octanol–water partition coefficient (Wildman–Crippen LogP) is 2.15. The molecule has 100 valence electrons. The van der Waals surface area contributed by atoms with E-state index in [1.807, 2.05) is 26.8 Å². The molecule has 1 atom stereocenters. The number of carbonyl (C=O) groups excluding carboxylic acids is 1. The SMILES string of the molecule is Cc1cc(C(C)NC(=O)N(C)CC(=O)O)c(C)s1. The highest BCUT2D eigenvalue weighted by atomic mass is 32.1. The van der Waals surface area contributed by atoms with Crippen molar-refractivity contribution in [2.45, 2.75) is 26.8 Å². The van der Waals surface area contributed by atoms with Gasteiger partial charge in [0.05, 0.1) is 6.04 Å². The van der Waals surface area contributed by atoms with Gasteiger partial charge in [0.1, 0.15) is 6.54 Å². The lowest BCUT2D eigenvalue weighted by Crippen LogP contribution is -2.41. The van der Waals surface area contributed by atoms with Crippen LogP contribution in [-0.4, -0.2) is 35.6 Å². The molecular weight excluding hydrogens is 252 g/mol. The number of thiophene rings is 1. The lowest BCUT2D eigenvalue weighted by atomic mass is 10.1. The first kappa shape index (κ1) is 14.5. The van der Waals surface area contributed by atoms with Crippen LogP contribution in [0, 0.1) is 13.8 Å². The maximum Gasteiger partial charge on any atom is 0.323 e. The summed E-state index contributed by atoms with van der Waals surface area (Å²) in [6, 6.07) is 1.54. The van der Waals surface area contributed by atoms with Gasteiger partial charge in [-0.25, -0.2) is 4.79 Å². The second-order valence-electron chi connectivity index (χ2n) is 4.29. The number of rotatable bonds is 4. The molecule has 1 aromatic rings. The summed E-state index contributed by atoms with van der Waals surface area (Å²) in [4.78, 5) is 25.8. The van der Waals surface area contributed by atoms with Crippen molar-refractivity contribution in [2.75, 3.05) is 13.6 Å². The van der Waals surface area contributed by atoms with Crippen LogP contribution in [0.3, 0.4) is 0 Å². The number of likely N-dealkylation sites (N-methyl/N-ethyl adjacent to an activating group) is 1. The number of urea groups is 1. The third-order valence-electron chi connectivity index (χ3n) is 2.60.